The van der Waals surface area contributed by atoms with Gasteiger partial charge in [0.25, 0.3) is 0 Å². The van der Waals surface area contributed by atoms with E-state index in [1.807, 2.05) is 6.20 Å². The Morgan fingerprint density at radius 2 is 2.03 bits per heavy atom. The third-order valence-electron chi connectivity index (χ3n) is 7.49. The van der Waals surface area contributed by atoms with Crippen molar-refractivity contribution in [3.63, 3.8) is 0 Å². The molecule has 2 atom stereocenters. The van der Waals surface area contributed by atoms with E-state index in [1.165, 1.54) is 48.8 Å². The Morgan fingerprint density at radius 1 is 1.12 bits per heavy atom. The number of fused-ring (bicyclic) bond motifs is 2. The van der Waals surface area contributed by atoms with Crippen molar-refractivity contribution in [1.82, 2.24) is 25.4 Å². The van der Waals surface area contributed by atoms with E-state index in [0.29, 0.717) is 0 Å². The summed E-state index contributed by atoms with van der Waals surface area (Å²) in [5, 5.41) is 23.3. The lowest BCUT2D eigenvalue weighted by molar-refractivity contribution is 0.284. The van der Waals surface area contributed by atoms with Crippen LogP contribution in [0.15, 0.2) is 57.6 Å². The minimum atomic E-state index is 0.0401. The first-order valence-corrected chi connectivity index (χ1v) is 12.7. The molecule has 3 aliphatic heterocycles. The van der Waals surface area contributed by atoms with E-state index in [1.54, 1.807) is 0 Å². The van der Waals surface area contributed by atoms with Crippen LogP contribution in [-0.2, 0) is 0 Å². The summed E-state index contributed by atoms with van der Waals surface area (Å²) >= 11 is 0. The zero-order chi connectivity index (χ0) is 22.9. The normalized spacial score (nSPS) is 24.7. The zero-order valence-corrected chi connectivity index (χ0v) is 20.0. The van der Waals surface area contributed by atoms with E-state index < -0.39 is 0 Å². The molecule has 4 aliphatic rings. The number of hydrogen-bond donors (Lipinski definition) is 2. The third-order valence-corrected chi connectivity index (χ3v) is 7.49. The van der Waals surface area contributed by atoms with Crippen LogP contribution in [0.4, 0.5) is 0 Å². The van der Waals surface area contributed by atoms with E-state index in [9.17, 15) is 0 Å². The smallest absolute Gasteiger partial charge is 0.127 e. The summed E-state index contributed by atoms with van der Waals surface area (Å²) in [6.07, 6.45) is 15.5. The van der Waals surface area contributed by atoms with Gasteiger partial charge in [-0.05, 0) is 61.1 Å². The van der Waals surface area contributed by atoms with Crippen LogP contribution >= 0.6 is 0 Å². The van der Waals surface area contributed by atoms with Crippen molar-refractivity contribution in [3.8, 4) is 0 Å². The maximum absolute atomic E-state index is 4.95. The Bertz CT molecular complexity index is 1150. The van der Waals surface area contributed by atoms with Gasteiger partial charge in [0, 0.05) is 24.7 Å². The molecule has 4 heterocycles. The molecule has 2 aromatic rings. The fourth-order valence-electron chi connectivity index (χ4n) is 5.75. The first kappa shape index (κ1) is 21.5. The van der Waals surface area contributed by atoms with E-state index in [-0.39, 0.29) is 12.1 Å². The van der Waals surface area contributed by atoms with Gasteiger partial charge in [0.2, 0.25) is 0 Å². The molecule has 0 saturated heterocycles. The molecule has 34 heavy (non-hydrogen) atoms. The van der Waals surface area contributed by atoms with Crippen LogP contribution in [0.1, 0.15) is 49.3 Å². The van der Waals surface area contributed by atoms with Crippen molar-refractivity contribution in [3.05, 3.63) is 53.4 Å². The molecule has 1 fully saturated rings. The van der Waals surface area contributed by atoms with Gasteiger partial charge in [0.1, 0.15) is 11.9 Å². The standard InChI is InChI=1S/C26H34N8/c1-18-9-22(23-13-28-30-24(23)10-18)25-17-34(32-31-25)16-21-15-33-14-20(7-8-26(33)29-21)12-27-11-19-5-3-2-4-6-19/h7-10,13-14,19,21,25,27H,2-6,11-12,15-17H2,1H3,(H,28,30). The van der Waals surface area contributed by atoms with Crippen molar-refractivity contribution >= 4 is 16.7 Å². The van der Waals surface area contributed by atoms with Crippen LogP contribution in [0.25, 0.3) is 10.9 Å². The average Bonchev–Trinajstić information content (AvgIpc) is 3.58. The predicted octanol–water partition coefficient (Wildman–Crippen LogP) is 4.30. The molecule has 8 heteroatoms. The topological polar surface area (TPSA) is 84.3 Å². The number of H-pyrrole nitrogens is 1. The van der Waals surface area contributed by atoms with Crippen molar-refractivity contribution in [1.29, 1.82) is 0 Å². The van der Waals surface area contributed by atoms with Gasteiger partial charge in [-0.25, -0.2) is 0 Å². The number of amidine groups is 1. The fourth-order valence-corrected chi connectivity index (χ4v) is 5.75. The van der Waals surface area contributed by atoms with E-state index in [0.717, 1.165) is 55.4 Å². The van der Waals surface area contributed by atoms with Crippen molar-refractivity contribution < 1.29 is 0 Å². The van der Waals surface area contributed by atoms with Gasteiger partial charge in [0.15, 0.2) is 0 Å². The molecule has 178 valence electrons. The van der Waals surface area contributed by atoms with Crippen molar-refractivity contribution in [2.45, 2.75) is 51.1 Å². The van der Waals surface area contributed by atoms with Gasteiger partial charge >= 0.3 is 0 Å². The molecule has 0 spiro atoms. The van der Waals surface area contributed by atoms with E-state index >= 15 is 0 Å². The summed E-state index contributed by atoms with van der Waals surface area (Å²) in [6, 6.07) is 4.58. The largest absolute Gasteiger partial charge is 0.331 e. The van der Waals surface area contributed by atoms with Gasteiger partial charge in [0.05, 0.1) is 30.8 Å². The van der Waals surface area contributed by atoms with Crippen molar-refractivity contribution in [2.24, 2.45) is 21.2 Å². The molecular weight excluding hydrogens is 424 g/mol. The number of aromatic amines is 1. The predicted molar refractivity (Wildman–Crippen MR) is 135 cm³/mol. The molecule has 1 aromatic carbocycles. The molecule has 2 unspecified atom stereocenters. The zero-order valence-electron chi connectivity index (χ0n) is 20.0. The molecule has 1 aromatic heterocycles. The average molecular weight is 459 g/mol. The Kier molecular flexibility index (Phi) is 5.91. The highest BCUT2D eigenvalue weighted by molar-refractivity contribution is 5.96. The maximum Gasteiger partial charge on any atom is 0.127 e. The van der Waals surface area contributed by atoms with Gasteiger partial charge in [-0.2, -0.15) is 10.2 Å². The highest BCUT2D eigenvalue weighted by atomic mass is 15.6. The fraction of sp³-hybridized carbons (Fsp3) is 0.538. The number of aromatic nitrogens is 2. The van der Waals surface area contributed by atoms with Crippen LogP contribution in [0.2, 0.25) is 0 Å². The summed E-state index contributed by atoms with van der Waals surface area (Å²) < 4.78 is 0. The van der Waals surface area contributed by atoms with Crippen LogP contribution in [0.3, 0.4) is 0 Å². The molecule has 0 radical (unpaired) electrons. The highest BCUT2D eigenvalue weighted by Gasteiger charge is 2.30. The number of aliphatic imine (C=N–C) groups is 1. The number of nitrogens with zero attached hydrogens (tertiary/aromatic N) is 6. The summed E-state index contributed by atoms with van der Waals surface area (Å²) in [5.41, 5.74) is 4.80. The number of aryl methyl sites for hydroxylation is 1. The van der Waals surface area contributed by atoms with Gasteiger partial charge < -0.3 is 10.2 Å². The third kappa shape index (κ3) is 4.51. The Hall–Kier alpha value is -3.00. The molecule has 1 aliphatic carbocycles. The number of nitrogens with one attached hydrogen (secondary N) is 2. The molecule has 2 N–H and O–H groups in total. The molecular formula is C26H34N8. The second-order valence-electron chi connectivity index (χ2n) is 10.2. The SMILES string of the molecule is Cc1cc(C2CN(CC3CN4C=C(CNCC5CCCCC5)C=CC4=N3)N=N2)c2cn[nH]c2c1. The number of hydrogen-bond acceptors (Lipinski definition) is 7. The van der Waals surface area contributed by atoms with Gasteiger partial charge in [-0.1, -0.05) is 36.6 Å². The lowest BCUT2D eigenvalue weighted by Gasteiger charge is -2.23. The highest BCUT2D eigenvalue weighted by Crippen LogP contribution is 2.32. The molecule has 1 saturated carbocycles. The summed E-state index contributed by atoms with van der Waals surface area (Å²) in [5.74, 6) is 1.92. The minimum Gasteiger partial charge on any atom is -0.331 e. The quantitative estimate of drug-likeness (QED) is 0.648. The second-order valence-corrected chi connectivity index (χ2v) is 10.2. The summed E-state index contributed by atoms with van der Waals surface area (Å²) in [7, 11) is 0. The molecule has 8 nitrogen and oxygen atoms in total. The molecule has 6 rings (SSSR count). The molecule has 0 amide bonds. The Balaban J connectivity index is 1.02. The van der Waals surface area contributed by atoms with Crippen LogP contribution in [-0.4, -0.2) is 64.7 Å². The number of rotatable bonds is 7. The van der Waals surface area contributed by atoms with Crippen LogP contribution in [0.5, 0.6) is 0 Å². The Morgan fingerprint density at radius 3 is 2.94 bits per heavy atom. The maximum atomic E-state index is 4.95. The Labute approximate surface area is 200 Å². The van der Waals surface area contributed by atoms with Crippen LogP contribution in [0, 0.1) is 12.8 Å². The van der Waals surface area contributed by atoms with Gasteiger partial charge in [-0.3, -0.25) is 15.1 Å². The summed E-state index contributed by atoms with van der Waals surface area (Å²) in [6.45, 7) is 6.66. The lowest BCUT2D eigenvalue weighted by Crippen LogP contribution is -2.32. The first-order valence-electron chi connectivity index (χ1n) is 12.7. The van der Waals surface area contributed by atoms with E-state index in [2.05, 4.69) is 73.2 Å². The minimum absolute atomic E-state index is 0.0401. The molecule has 0 bridgehead atoms. The van der Waals surface area contributed by atoms with E-state index in [4.69, 9.17) is 4.99 Å². The van der Waals surface area contributed by atoms with Crippen molar-refractivity contribution in [2.75, 3.05) is 32.7 Å². The first-order chi connectivity index (χ1) is 16.7. The van der Waals surface area contributed by atoms with Crippen LogP contribution < -0.4 is 5.32 Å². The number of benzene rings is 1. The lowest BCUT2D eigenvalue weighted by atomic mass is 9.89. The second kappa shape index (κ2) is 9.33. The summed E-state index contributed by atoms with van der Waals surface area (Å²) in [4.78, 5) is 7.24. The van der Waals surface area contributed by atoms with Gasteiger partial charge in [-0.15, -0.1) is 0 Å². The monoisotopic (exact) mass is 458 g/mol.